The van der Waals surface area contributed by atoms with E-state index in [1.54, 1.807) is 6.92 Å². The molecule has 0 saturated heterocycles. The normalized spacial score (nSPS) is 11.4. The number of anilines is 1. The molecule has 0 saturated carbocycles. The SMILES string of the molecule is CC(CC(N)=O)NC(=O)Nc1ccc(C(=O)O)cc1O. The molecule has 3 amide bonds. The van der Waals surface area contributed by atoms with Crippen molar-refractivity contribution in [2.75, 3.05) is 5.32 Å². The Balaban J connectivity index is 2.67. The van der Waals surface area contributed by atoms with E-state index in [9.17, 15) is 19.5 Å². The number of nitrogens with two attached hydrogens (primary N) is 1. The van der Waals surface area contributed by atoms with Gasteiger partial charge in [0.1, 0.15) is 5.75 Å². The number of hydrogen-bond donors (Lipinski definition) is 5. The van der Waals surface area contributed by atoms with Crippen LogP contribution in [0.1, 0.15) is 23.7 Å². The number of hydrogen-bond acceptors (Lipinski definition) is 4. The third-order valence-electron chi connectivity index (χ3n) is 2.38. The van der Waals surface area contributed by atoms with Gasteiger partial charge in [-0.25, -0.2) is 9.59 Å². The predicted molar refractivity (Wildman–Crippen MR) is 70.5 cm³/mol. The predicted octanol–water partition coefficient (Wildman–Crippen LogP) is 0.476. The van der Waals surface area contributed by atoms with Crippen LogP contribution in [0.25, 0.3) is 0 Å². The van der Waals surface area contributed by atoms with Crippen molar-refractivity contribution in [2.24, 2.45) is 5.73 Å². The van der Waals surface area contributed by atoms with Gasteiger partial charge in [0.15, 0.2) is 0 Å². The standard InChI is InChI=1S/C12H15N3O5/c1-6(4-10(13)17)14-12(20)15-8-3-2-7(11(18)19)5-9(8)16/h2-3,5-6,16H,4H2,1H3,(H2,13,17)(H,18,19)(H2,14,15,20). The second-order valence-corrected chi connectivity index (χ2v) is 4.21. The van der Waals surface area contributed by atoms with E-state index in [1.165, 1.54) is 12.1 Å². The van der Waals surface area contributed by atoms with E-state index >= 15 is 0 Å². The molecule has 0 aliphatic rings. The Labute approximate surface area is 114 Å². The Morgan fingerprint density at radius 2 is 2.00 bits per heavy atom. The molecule has 1 aromatic carbocycles. The molecule has 8 nitrogen and oxygen atoms in total. The zero-order valence-electron chi connectivity index (χ0n) is 10.7. The Kier molecular flexibility index (Phi) is 4.90. The third-order valence-corrected chi connectivity index (χ3v) is 2.38. The van der Waals surface area contributed by atoms with Crippen LogP contribution in [0, 0.1) is 0 Å². The number of carbonyl (C=O) groups is 3. The molecule has 0 aromatic heterocycles. The van der Waals surface area contributed by atoms with E-state index in [1.807, 2.05) is 0 Å². The molecule has 8 heteroatoms. The summed E-state index contributed by atoms with van der Waals surface area (Å²) in [6, 6.07) is 2.41. The monoisotopic (exact) mass is 281 g/mol. The Morgan fingerprint density at radius 3 is 2.50 bits per heavy atom. The lowest BCUT2D eigenvalue weighted by Gasteiger charge is -2.13. The second kappa shape index (κ2) is 6.41. The van der Waals surface area contributed by atoms with Gasteiger partial charge in [0.2, 0.25) is 5.91 Å². The molecular formula is C12H15N3O5. The number of benzene rings is 1. The van der Waals surface area contributed by atoms with Crippen LogP contribution >= 0.6 is 0 Å². The van der Waals surface area contributed by atoms with Crippen LogP contribution in [-0.2, 0) is 4.79 Å². The van der Waals surface area contributed by atoms with Gasteiger partial charge < -0.3 is 26.6 Å². The molecule has 20 heavy (non-hydrogen) atoms. The number of urea groups is 1. The molecule has 1 aromatic rings. The number of amides is 3. The number of aromatic carboxylic acids is 1. The molecule has 0 fully saturated rings. The minimum atomic E-state index is -1.19. The number of aromatic hydroxyl groups is 1. The average molecular weight is 281 g/mol. The van der Waals surface area contributed by atoms with E-state index in [-0.39, 0.29) is 23.4 Å². The molecule has 6 N–H and O–H groups in total. The van der Waals surface area contributed by atoms with E-state index < -0.39 is 23.9 Å². The van der Waals surface area contributed by atoms with Crippen molar-refractivity contribution in [1.82, 2.24) is 5.32 Å². The minimum absolute atomic E-state index is 0.0165. The summed E-state index contributed by atoms with van der Waals surface area (Å²) in [6.45, 7) is 1.59. The third kappa shape index (κ3) is 4.48. The lowest BCUT2D eigenvalue weighted by Crippen LogP contribution is -2.38. The van der Waals surface area contributed by atoms with Gasteiger partial charge in [0.25, 0.3) is 0 Å². The summed E-state index contributed by atoms with van der Waals surface area (Å²) in [5.41, 5.74) is 4.94. The van der Waals surface area contributed by atoms with Crippen molar-refractivity contribution in [3.05, 3.63) is 23.8 Å². The van der Waals surface area contributed by atoms with Crippen LogP contribution in [0.4, 0.5) is 10.5 Å². The highest BCUT2D eigenvalue weighted by Crippen LogP contribution is 2.24. The van der Waals surface area contributed by atoms with Crippen molar-refractivity contribution in [1.29, 1.82) is 0 Å². The Hall–Kier alpha value is -2.77. The number of nitrogens with one attached hydrogen (secondary N) is 2. The number of carboxylic acid groups (broad SMARTS) is 1. The fourth-order valence-corrected chi connectivity index (χ4v) is 1.51. The minimum Gasteiger partial charge on any atom is -0.506 e. The number of phenolic OH excluding ortho intramolecular Hbond substituents is 1. The molecule has 0 radical (unpaired) electrons. The van der Waals surface area contributed by atoms with Gasteiger partial charge in [0.05, 0.1) is 11.3 Å². The van der Waals surface area contributed by atoms with E-state index in [0.717, 1.165) is 6.07 Å². The zero-order valence-corrected chi connectivity index (χ0v) is 10.7. The number of carbonyl (C=O) groups excluding carboxylic acids is 2. The number of phenols is 1. The summed E-state index contributed by atoms with van der Waals surface area (Å²) in [5, 5.41) is 23.1. The highest BCUT2D eigenvalue weighted by Gasteiger charge is 2.13. The Bertz CT molecular complexity index is 544. The maximum absolute atomic E-state index is 11.6. The number of carboxylic acids is 1. The van der Waals surface area contributed by atoms with Crippen LogP contribution in [-0.4, -0.2) is 34.2 Å². The molecule has 0 aliphatic carbocycles. The highest BCUT2D eigenvalue weighted by atomic mass is 16.4. The van der Waals surface area contributed by atoms with Crippen LogP contribution in [0.2, 0.25) is 0 Å². The van der Waals surface area contributed by atoms with Gasteiger partial charge in [-0.2, -0.15) is 0 Å². The maximum atomic E-state index is 11.6. The first-order valence-electron chi connectivity index (χ1n) is 5.71. The summed E-state index contributed by atoms with van der Waals surface area (Å²) in [7, 11) is 0. The van der Waals surface area contributed by atoms with Crippen molar-refractivity contribution < 1.29 is 24.6 Å². The summed E-state index contributed by atoms with van der Waals surface area (Å²) in [4.78, 5) is 32.9. The van der Waals surface area contributed by atoms with Gasteiger partial charge in [-0.05, 0) is 25.1 Å². The molecule has 0 bridgehead atoms. The van der Waals surface area contributed by atoms with Crippen molar-refractivity contribution in [3.63, 3.8) is 0 Å². The topological polar surface area (TPSA) is 142 Å². The highest BCUT2D eigenvalue weighted by molar-refractivity contribution is 5.93. The maximum Gasteiger partial charge on any atom is 0.335 e. The van der Waals surface area contributed by atoms with E-state index in [4.69, 9.17) is 10.8 Å². The summed E-state index contributed by atoms with van der Waals surface area (Å²) >= 11 is 0. The molecule has 0 heterocycles. The smallest absolute Gasteiger partial charge is 0.335 e. The Morgan fingerprint density at radius 1 is 1.35 bits per heavy atom. The molecule has 1 atom stereocenters. The van der Waals surface area contributed by atoms with Gasteiger partial charge in [-0.1, -0.05) is 0 Å². The average Bonchev–Trinajstić information content (AvgIpc) is 2.30. The van der Waals surface area contributed by atoms with Gasteiger partial charge in [0, 0.05) is 12.5 Å². The molecular weight excluding hydrogens is 266 g/mol. The van der Waals surface area contributed by atoms with Crippen LogP contribution in [0.5, 0.6) is 5.75 Å². The lowest BCUT2D eigenvalue weighted by atomic mass is 10.2. The quantitative estimate of drug-likeness (QED) is 0.499. The largest absolute Gasteiger partial charge is 0.506 e. The fraction of sp³-hybridized carbons (Fsp3) is 0.250. The van der Waals surface area contributed by atoms with Gasteiger partial charge in [-0.15, -0.1) is 0 Å². The molecule has 0 aliphatic heterocycles. The van der Waals surface area contributed by atoms with Crippen LogP contribution < -0.4 is 16.4 Å². The first-order valence-corrected chi connectivity index (χ1v) is 5.71. The second-order valence-electron chi connectivity index (χ2n) is 4.21. The summed E-state index contributed by atoms with van der Waals surface area (Å²) in [5.74, 6) is -2.11. The number of primary amides is 1. The van der Waals surface area contributed by atoms with E-state index in [2.05, 4.69) is 10.6 Å². The molecule has 0 spiro atoms. The summed E-state index contributed by atoms with van der Waals surface area (Å²) in [6.07, 6.45) is -0.0165. The molecule has 1 unspecified atom stereocenters. The molecule has 108 valence electrons. The lowest BCUT2D eigenvalue weighted by molar-refractivity contribution is -0.118. The first-order chi connectivity index (χ1) is 9.29. The fourth-order valence-electron chi connectivity index (χ4n) is 1.51. The zero-order chi connectivity index (χ0) is 15.3. The molecule has 1 rings (SSSR count). The number of rotatable bonds is 5. The van der Waals surface area contributed by atoms with Crippen molar-refractivity contribution in [3.8, 4) is 5.75 Å². The van der Waals surface area contributed by atoms with Crippen LogP contribution in [0.15, 0.2) is 18.2 Å². The summed E-state index contributed by atoms with van der Waals surface area (Å²) < 4.78 is 0. The van der Waals surface area contributed by atoms with E-state index in [0.29, 0.717) is 0 Å². The van der Waals surface area contributed by atoms with Crippen molar-refractivity contribution >= 4 is 23.6 Å². The van der Waals surface area contributed by atoms with Crippen LogP contribution in [0.3, 0.4) is 0 Å². The van der Waals surface area contributed by atoms with Gasteiger partial charge in [-0.3, -0.25) is 4.79 Å². The van der Waals surface area contributed by atoms with Gasteiger partial charge >= 0.3 is 12.0 Å². The van der Waals surface area contributed by atoms with Crippen molar-refractivity contribution in [2.45, 2.75) is 19.4 Å². The first kappa shape index (κ1) is 15.3.